The summed E-state index contributed by atoms with van der Waals surface area (Å²) in [6.45, 7) is 4.17. The summed E-state index contributed by atoms with van der Waals surface area (Å²) >= 11 is 5.94. The van der Waals surface area contributed by atoms with Crippen LogP contribution in [0.15, 0.2) is 18.5 Å². The number of hydrogen-bond donors (Lipinski definition) is 1. The normalized spacial score (nSPS) is 17.8. The fraction of sp³-hybridized carbons (Fsp3) is 0.500. The molecule has 0 radical (unpaired) electrons. The van der Waals surface area contributed by atoms with Crippen molar-refractivity contribution in [2.75, 3.05) is 26.2 Å². The first-order chi connectivity index (χ1) is 10.4. The van der Waals surface area contributed by atoms with Gasteiger partial charge in [0.25, 0.3) is 0 Å². The second-order valence-electron chi connectivity index (χ2n) is 5.40. The molecule has 2 aromatic rings. The molecule has 3 heterocycles. The van der Waals surface area contributed by atoms with Crippen LogP contribution in [0.2, 0.25) is 5.02 Å². The zero-order valence-corrected chi connectivity index (χ0v) is 12.6. The Balaban J connectivity index is 1.94. The van der Waals surface area contributed by atoms with Crippen molar-refractivity contribution in [2.45, 2.75) is 19.1 Å². The lowest BCUT2D eigenvalue weighted by Crippen LogP contribution is -2.28. The van der Waals surface area contributed by atoms with E-state index >= 15 is 0 Å². The number of nitrogens with one attached hydrogen (secondary N) is 1. The van der Waals surface area contributed by atoms with Crippen LogP contribution in [0.5, 0.6) is 0 Å². The van der Waals surface area contributed by atoms with Gasteiger partial charge in [0.1, 0.15) is 0 Å². The zero-order valence-electron chi connectivity index (χ0n) is 11.8. The van der Waals surface area contributed by atoms with Crippen molar-refractivity contribution in [2.24, 2.45) is 0 Å². The molecule has 1 fully saturated rings. The van der Waals surface area contributed by atoms with E-state index in [-0.39, 0.29) is 5.02 Å². The number of nitrogens with zero attached hydrogens (tertiary/aromatic N) is 3. The van der Waals surface area contributed by atoms with Gasteiger partial charge in [-0.05, 0) is 25.6 Å². The lowest BCUT2D eigenvalue weighted by atomic mass is 10.2. The second-order valence-corrected chi connectivity index (χ2v) is 5.80. The maximum Gasteiger partial charge on any atom is 0.417 e. The van der Waals surface area contributed by atoms with Gasteiger partial charge >= 0.3 is 6.18 Å². The molecule has 22 heavy (non-hydrogen) atoms. The Morgan fingerprint density at radius 2 is 2.09 bits per heavy atom. The zero-order chi connectivity index (χ0) is 15.7. The molecule has 2 aromatic heterocycles. The highest BCUT2D eigenvalue weighted by atomic mass is 35.5. The maximum atomic E-state index is 12.9. The first-order valence-corrected chi connectivity index (χ1v) is 7.49. The van der Waals surface area contributed by atoms with Crippen molar-refractivity contribution in [3.05, 3.63) is 34.7 Å². The van der Waals surface area contributed by atoms with Crippen LogP contribution in [0.1, 0.15) is 17.7 Å². The summed E-state index contributed by atoms with van der Waals surface area (Å²) in [5.41, 5.74) is 0.310. The molecule has 0 unspecified atom stereocenters. The van der Waals surface area contributed by atoms with Crippen molar-refractivity contribution in [1.82, 2.24) is 19.6 Å². The lowest BCUT2D eigenvalue weighted by molar-refractivity contribution is -0.137. The Labute approximate surface area is 130 Å². The molecule has 0 spiro atoms. The van der Waals surface area contributed by atoms with E-state index in [1.54, 1.807) is 6.20 Å². The number of imidazole rings is 1. The highest BCUT2D eigenvalue weighted by Crippen LogP contribution is 2.32. The Bertz CT molecular complexity index is 660. The van der Waals surface area contributed by atoms with E-state index < -0.39 is 11.7 Å². The monoisotopic (exact) mass is 332 g/mol. The third-order valence-corrected chi connectivity index (χ3v) is 4.06. The van der Waals surface area contributed by atoms with Crippen molar-refractivity contribution in [3.63, 3.8) is 0 Å². The highest BCUT2D eigenvalue weighted by Gasteiger charge is 2.32. The van der Waals surface area contributed by atoms with Crippen molar-refractivity contribution >= 4 is 17.2 Å². The molecule has 1 saturated heterocycles. The molecule has 8 heteroatoms. The molecule has 0 amide bonds. The van der Waals surface area contributed by atoms with Crippen LogP contribution in [0.3, 0.4) is 0 Å². The van der Waals surface area contributed by atoms with Crippen LogP contribution in [-0.4, -0.2) is 40.5 Å². The van der Waals surface area contributed by atoms with Gasteiger partial charge in [-0.3, -0.25) is 4.90 Å². The molecule has 3 rings (SSSR count). The fourth-order valence-electron chi connectivity index (χ4n) is 2.66. The van der Waals surface area contributed by atoms with Crippen LogP contribution in [-0.2, 0) is 12.7 Å². The molecule has 0 saturated carbocycles. The molecular weight excluding hydrogens is 317 g/mol. The van der Waals surface area contributed by atoms with Crippen molar-refractivity contribution in [3.8, 4) is 0 Å². The van der Waals surface area contributed by atoms with E-state index in [9.17, 15) is 13.2 Å². The van der Waals surface area contributed by atoms with Gasteiger partial charge in [0.2, 0.25) is 0 Å². The van der Waals surface area contributed by atoms with E-state index in [0.29, 0.717) is 17.9 Å². The SMILES string of the molecule is FC(F)(F)c1cc(Cl)c2ncc(CN3CCCNCC3)n2c1. The van der Waals surface area contributed by atoms with E-state index in [1.165, 1.54) is 4.40 Å². The number of fused-ring (bicyclic) bond motifs is 1. The Morgan fingerprint density at radius 1 is 1.27 bits per heavy atom. The standard InChI is InChI=1S/C14H16ClF3N4/c15-12-6-10(14(16,17)18)8-22-11(7-20-13(12)22)9-21-4-1-2-19-3-5-21/h6-8,19H,1-5,9H2. The summed E-state index contributed by atoms with van der Waals surface area (Å²) in [5, 5.41) is 3.31. The average Bonchev–Trinajstić information content (AvgIpc) is 2.68. The van der Waals surface area contributed by atoms with Crippen LogP contribution >= 0.6 is 11.6 Å². The van der Waals surface area contributed by atoms with Crippen LogP contribution < -0.4 is 5.32 Å². The topological polar surface area (TPSA) is 32.6 Å². The van der Waals surface area contributed by atoms with Gasteiger partial charge in [0.05, 0.1) is 22.5 Å². The molecule has 4 nitrogen and oxygen atoms in total. The minimum Gasteiger partial charge on any atom is -0.315 e. The molecule has 1 aliphatic rings. The van der Waals surface area contributed by atoms with Gasteiger partial charge in [-0.15, -0.1) is 0 Å². The van der Waals surface area contributed by atoms with Gasteiger partial charge in [0.15, 0.2) is 5.65 Å². The van der Waals surface area contributed by atoms with E-state index in [0.717, 1.165) is 44.9 Å². The first-order valence-electron chi connectivity index (χ1n) is 7.11. The number of pyridine rings is 1. The van der Waals surface area contributed by atoms with Gasteiger partial charge < -0.3 is 9.72 Å². The smallest absolute Gasteiger partial charge is 0.315 e. The van der Waals surface area contributed by atoms with E-state index in [1.807, 2.05) is 0 Å². The minimum atomic E-state index is -4.42. The van der Waals surface area contributed by atoms with Crippen LogP contribution in [0.25, 0.3) is 5.65 Å². The predicted molar refractivity (Wildman–Crippen MR) is 78.0 cm³/mol. The number of alkyl halides is 3. The first kappa shape index (κ1) is 15.6. The molecule has 0 aliphatic carbocycles. The largest absolute Gasteiger partial charge is 0.417 e. The third kappa shape index (κ3) is 3.21. The van der Waals surface area contributed by atoms with Crippen molar-refractivity contribution in [1.29, 1.82) is 0 Å². The molecule has 0 bridgehead atoms. The number of aromatic nitrogens is 2. The van der Waals surface area contributed by atoms with Gasteiger partial charge in [-0.1, -0.05) is 11.6 Å². The Morgan fingerprint density at radius 3 is 2.86 bits per heavy atom. The third-order valence-electron chi connectivity index (χ3n) is 3.78. The van der Waals surface area contributed by atoms with Gasteiger partial charge in [-0.2, -0.15) is 13.2 Å². The molecule has 0 aromatic carbocycles. The summed E-state index contributed by atoms with van der Waals surface area (Å²) < 4.78 is 40.3. The Hall–Kier alpha value is -1.31. The summed E-state index contributed by atoms with van der Waals surface area (Å²) in [4.78, 5) is 6.36. The summed E-state index contributed by atoms with van der Waals surface area (Å²) in [5.74, 6) is 0. The van der Waals surface area contributed by atoms with E-state index in [4.69, 9.17) is 11.6 Å². The second kappa shape index (κ2) is 6.06. The molecule has 120 valence electrons. The lowest BCUT2D eigenvalue weighted by Gasteiger charge is -2.19. The van der Waals surface area contributed by atoms with Crippen LogP contribution in [0, 0.1) is 0 Å². The summed E-state index contributed by atoms with van der Waals surface area (Å²) in [6.07, 6.45) is -0.740. The summed E-state index contributed by atoms with van der Waals surface area (Å²) in [6, 6.07) is 0.920. The van der Waals surface area contributed by atoms with E-state index in [2.05, 4.69) is 15.2 Å². The molecule has 1 N–H and O–H groups in total. The van der Waals surface area contributed by atoms with Crippen molar-refractivity contribution < 1.29 is 13.2 Å². The fourth-order valence-corrected chi connectivity index (χ4v) is 2.91. The highest BCUT2D eigenvalue weighted by molar-refractivity contribution is 6.33. The molecular formula is C14H16ClF3N4. The van der Waals surface area contributed by atoms with Gasteiger partial charge in [-0.25, -0.2) is 4.98 Å². The Kier molecular flexibility index (Phi) is 4.29. The quantitative estimate of drug-likeness (QED) is 0.918. The predicted octanol–water partition coefficient (Wildman–Crippen LogP) is 2.80. The van der Waals surface area contributed by atoms with Gasteiger partial charge in [0, 0.05) is 25.8 Å². The van der Waals surface area contributed by atoms with Crippen LogP contribution in [0.4, 0.5) is 13.2 Å². The molecule has 0 atom stereocenters. The number of hydrogen-bond acceptors (Lipinski definition) is 3. The number of halogens is 4. The molecule has 1 aliphatic heterocycles. The average molecular weight is 333 g/mol. The minimum absolute atomic E-state index is 0.0126. The number of rotatable bonds is 2. The maximum absolute atomic E-state index is 12.9. The summed E-state index contributed by atoms with van der Waals surface area (Å²) in [7, 11) is 0.